The molecular weight excluding hydrogens is 316 g/mol. The molecule has 0 saturated carbocycles. The molecule has 0 atom stereocenters. The van der Waals surface area contributed by atoms with E-state index in [1.54, 1.807) is 18.5 Å². The molecule has 3 aromatic rings. The molecule has 0 aliphatic heterocycles. The molecule has 0 unspecified atom stereocenters. The summed E-state index contributed by atoms with van der Waals surface area (Å²) in [4.78, 5) is 20.9. The fourth-order valence-electron chi connectivity index (χ4n) is 2.54. The van der Waals surface area contributed by atoms with E-state index in [-0.39, 0.29) is 5.91 Å². The Kier molecular flexibility index (Phi) is 4.52. The van der Waals surface area contributed by atoms with Gasteiger partial charge in [0.2, 0.25) is 5.88 Å². The number of methoxy groups -OCH3 is 1. The van der Waals surface area contributed by atoms with E-state index in [9.17, 15) is 4.79 Å². The molecule has 3 rings (SSSR count). The largest absolute Gasteiger partial charge is 0.481 e. The van der Waals surface area contributed by atoms with Crippen molar-refractivity contribution in [3.05, 3.63) is 65.4 Å². The van der Waals surface area contributed by atoms with Crippen LogP contribution < -0.4 is 10.1 Å². The van der Waals surface area contributed by atoms with Crippen molar-refractivity contribution in [3.8, 4) is 11.6 Å². The highest BCUT2D eigenvalue weighted by Crippen LogP contribution is 2.18. The molecule has 1 aromatic carbocycles. The van der Waals surface area contributed by atoms with Crippen molar-refractivity contribution >= 4 is 11.6 Å². The van der Waals surface area contributed by atoms with Crippen molar-refractivity contribution in [2.45, 2.75) is 20.8 Å². The lowest BCUT2D eigenvalue weighted by molar-refractivity contribution is 0.102. The third-order valence-electron chi connectivity index (χ3n) is 4.06. The lowest BCUT2D eigenvalue weighted by atomic mass is 10.2. The van der Waals surface area contributed by atoms with Crippen LogP contribution in [0, 0.1) is 20.8 Å². The zero-order chi connectivity index (χ0) is 18.0. The van der Waals surface area contributed by atoms with Gasteiger partial charge in [0.15, 0.2) is 0 Å². The van der Waals surface area contributed by atoms with Gasteiger partial charge in [0.05, 0.1) is 19.1 Å². The highest BCUT2D eigenvalue weighted by molar-refractivity contribution is 6.04. The van der Waals surface area contributed by atoms with Crippen molar-refractivity contribution in [3.63, 3.8) is 0 Å². The van der Waals surface area contributed by atoms with E-state index in [1.165, 1.54) is 7.11 Å². The number of hydrogen-bond donors (Lipinski definition) is 1. The topological polar surface area (TPSA) is 69.0 Å². The molecule has 0 radical (unpaired) electrons. The molecule has 25 heavy (non-hydrogen) atoms. The Morgan fingerprint density at radius 2 is 1.84 bits per heavy atom. The van der Waals surface area contributed by atoms with Crippen molar-refractivity contribution in [2.75, 3.05) is 12.4 Å². The molecule has 0 bridgehead atoms. The van der Waals surface area contributed by atoms with Gasteiger partial charge in [0.1, 0.15) is 0 Å². The number of hydrogen-bond acceptors (Lipinski definition) is 4. The number of nitrogens with one attached hydrogen (secondary N) is 1. The fraction of sp³-hybridized carbons (Fsp3) is 0.211. The normalized spacial score (nSPS) is 10.6. The molecule has 1 N–H and O–H groups in total. The van der Waals surface area contributed by atoms with Crippen LogP contribution in [-0.2, 0) is 0 Å². The number of amides is 1. The van der Waals surface area contributed by atoms with Crippen LogP contribution in [0.4, 0.5) is 5.69 Å². The van der Waals surface area contributed by atoms with E-state index in [0.29, 0.717) is 11.4 Å². The second-order valence-corrected chi connectivity index (χ2v) is 5.83. The molecule has 6 nitrogen and oxygen atoms in total. The van der Waals surface area contributed by atoms with Crippen LogP contribution in [0.25, 0.3) is 5.69 Å². The Morgan fingerprint density at radius 3 is 2.44 bits per heavy atom. The maximum absolute atomic E-state index is 12.4. The zero-order valence-corrected chi connectivity index (χ0v) is 14.7. The maximum atomic E-state index is 12.4. The summed E-state index contributed by atoms with van der Waals surface area (Å²) in [7, 11) is 1.53. The minimum absolute atomic E-state index is 0.203. The highest BCUT2D eigenvalue weighted by Gasteiger charge is 2.10. The Bertz CT molecular complexity index is 914. The van der Waals surface area contributed by atoms with Crippen LogP contribution in [0.5, 0.6) is 5.88 Å². The number of aromatic nitrogens is 3. The van der Waals surface area contributed by atoms with Gasteiger partial charge in [0.25, 0.3) is 5.91 Å². The van der Waals surface area contributed by atoms with Gasteiger partial charge in [-0.05, 0) is 51.1 Å². The number of rotatable bonds is 4. The van der Waals surface area contributed by atoms with Crippen molar-refractivity contribution < 1.29 is 9.53 Å². The van der Waals surface area contributed by atoms with Crippen LogP contribution in [0.1, 0.15) is 27.4 Å². The third kappa shape index (κ3) is 3.52. The molecule has 6 heteroatoms. The Hall–Kier alpha value is -3.15. The molecular formula is C19H20N4O2. The average molecular weight is 336 g/mol. The van der Waals surface area contributed by atoms with Crippen molar-refractivity contribution in [1.82, 2.24) is 14.5 Å². The van der Waals surface area contributed by atoms with Gasteiger partial charge in [-0.2, -0.15) is 0 Å². The van der Waals surface area contributed by atoms with E-state index < -0.39 is 0 Å². The SMILES string of the molecule is COc1cc(C(=O)Nc2ccc(-n3cnc(C)c3C)cc2)cc(C)n1. The summed E-state index contributed by atoms with van der Waals surface area (Å²) in [6, 6.07) is 11.0. The average Bonchev–Trinajstić information content (AvgIpc) is 2.94. The monoisotopic (exact) mass is 336 g/mol. The van der Waals surface area contributed by atoms with E-state index in [4.69, 9.17) is 4.74 Å². The van der Waals surface area contributed by atoms with E-state index >= 15 is 0 Å². The van der Waals surface area contributed by atoms with Gasteiger partial charge < -0.3 is 14.6 Å². The molecule has 0 fully saturated rings. The van der Waals surface area contributed by atoms with Crippen molar-refractivity contribution in [1.29, 1.82) is 0 Å². The van der Waals surface area contributed by atoms with Gasteiger partial charge in [0, 0.05) is 34.4 Å². The predicted molar refractivity (Wildman–Crippen MR) is 96.5 cm³/mol. The molecule has 2 heterocycles. The van der Waals surface area contributed by atoms with Gasteiger partial charge in [-0.1, -0.05) is 0 Å². The Balaban J connectivity index is 1.78. The lowest BCUT2D eigenvalue weighted by Crippen LogP contribution is -2.12. The van der Waals surface area contributed by atoms with Crippen LogP contribution in [0.2, 0.25) is 0 Å². The summed E-state index contributed by atoms with van der Waals surface area (Å²) >= 11 is 0. The third-order valence-corrected chi connectivity index (χ3v) is 4.06. The Labute approximate surface area is 146 Å². The first kappa shape index (κ1) is 16.7. The summed E-state index contributed by atoms with van der Waals surface area (Å²) in [6.07, 6.45) is 1.80. The van der Waals surface area contributed by atoms with E-state index in [0.717, 1.165) is 28.5 Å². The van der Waals surface area contributed by atoms with Gasteiger partial charge in [-0.15, -0.1) is 0 Å². The smallest absolute Gasteiger partial charge is 0.255 e. The van der Waals surface area contributed by atoms with Gasteiger partial charge >= 0.3 is 0 Å². The first-order valence-corrected chi connectivity index (χ1v) is 7.93. The number of anilines is 1. The summed E-state index contributed by atoms with van der Waals surface area (Å²) in [5.41, 5.74) is 5.05. The maximum Gasteiger partial charge on any atom is 0.255 e. The number of aryl methyl sites for hydroxylation is 2. The summed E-state index contributed by atoms with van der Waals surface area (Å²) in [5, 5.41) is 2.89. The van der Waals surface area contributed by atoms with Crippen LogP contribution in [0.3, 0.4) is 0 Å². The molecule has 0 aliphatic rings. The molecule has 128 valence electrons. The Morgan fingerprint density at radius 1 is 1.12 bits per heavy atom. The number of pyridine rings is 1. The van der Waals surface area contributed by atoms with Gasteiger partial charge in [-0.3, -0.25) is 4.79 Å². The number of imidazole rings is 1. The first-order chi connectivity index (χ1) is 12.0. The summed E-state index contributed by atoms with van der Waals surface area (Å²) in [5.74, 6) is 0.220. The number of benzene rings is 1. The summed E-state index contributed by atoms with van der Waals surface area (Å²) in [6.45, 7) is 5.83. The number of carbonyl (C=O) groups is 1. The van der Waals surface area contributed by atoms with E-state index in [1.807, 2.05) is 49.6 Å². The lowest BCUT2D eigenvalue weighted by Gasteiger charge is -2.09. The van der Waals surface area contributed by atoms with Crippen LogP contribution in [0.15, 0.2) is 42.7 Å². The second kappa shape index (κ2) is 6.76. The van der Waals surface area contributed by atoms with E-state index in [2.05, 4.69) is 15.3 Å². The van der Waals surface area contributed by atoms with Crippen LogP contribution in [-0.4, -0.2) is 27.6 Å². The number of ether oxygens (including phenoxy) is 1. The standard InChI is InChI=1S/C19H20N4O2/c1-12-9-15(10-18(21-12)25-4)19(24)22-16-5-7-17(8-6-16)23-11-20-13(2)14(23)3/h5-11H,1-4H3,(H,22,24). The first-order valence-electron chi connectivity index (χ1n) is 7.93. The summed E-state index contributed by atoms with van der Waals surface area (Å²) < 4.78 is 7.13. The predicted octanol–water partition coefficient (Wildman–Crippen LogP) is 3.45. The second-order valence-electron chi connectivity index (χ2n) is 5.83. The minimum atomic E-state index is -0.203. The zero-order valence-electron chi connectivity index (χ0n) is 14.7. The van der Waals surface area contributed by atoms with Crippen LogP contribution >= 0.6 is 0 Å². The minimum Gasteiger partial charge on any atom is -0.481 e. The molecule has 0 aliphatic carbocycles. The molecule has 0 spiro atoms. The van der Waals surface area contributed by atoms with Gasteiger partial charge in [-0.25, -0.2) is 9.97 Å². The quantitative estimate of drug-likeness (QED) is 0.792. The fourth-order valence-corrected chi connectivity index (χ4v) is 2.54. The van der Waals surface area contributed by atoms with Crippen molar-refractivity contribution in [2.24, 2.45) is 0 Å². The highest BCUT2D eigenvalue weighted by atomic mass is 16.5. The molecule has 0 saturated heterocycles. The number of carbonyl (C=O) groups excluding carboxylic acids is 1. The molecule has 1 amide bonds. The number of nitrogens with zero attached hydrogens (tertiary/aromatic N) is 3. The molecule has 2 aromatic heterocycles.